The summed E-state index contributed by atoms with van der Waals surface area (Å²) >= 11 is 0. The van der Waals surface area contributed by atoms with Crippen LogP contribution in [0.2, 0.25) is 0 Å². The van der Waals surface area contributed by atoms with E-state index in [-0.39, 0.29) is 0 Å². The molecule has 1 saturated heterocycles. The molecule has 0 spiro atoms. The molecule has 1 fully saturated rings. The Morgan fingerprint density at radius 3 is 2.61 bits per heavy atom. The number of nitrogens with zero attached hydrogens (tertiary/aromatic N) is 4. The van der Waals surface area contributed by atoms with Crippen LogP contribution in [0.25, 0.3) is 16.9 Å². The topological polar surface area (TPSA) is 91.5 Å². The van der Waals surface area contributed by atoms with Gasteiger partial charge in [-0.1, -0.05) is 18.2 Å². The molecule has 0 saturated carbocycles. The average Bonchev–Trinajstić information content (AvgIpc) is 3.14. The van der Waals surface area contributed by atoms with Crippen LogP contribution in [0.15, 0.2) is 61.1 Å². The summed E-state index contributed by atoms with van der Waals surface area (Å²) in [6, 6.07) is 13.7. The number of hydrogen-bond acceptors (Lipinski definition) is 5. The van der Waals surface area contributed by atoms with Gasteiger partial charge in [0.05, 0.1) is 23.4 Å². The molecule has 7 nitrogen and oxygen atoms in total. The number of aromatic nitrogens is 3. The van der Waals surface area contributed by atoms with Crippen molar-refractivity contribution in [3.63, 3.8) is 0 Å². The minimum atomic E-state index is -0.952. The first-order valence-electron chi connectivity index (χ1n) is 9.29. The van der Waals surface area contributed by atoms with E-state index in [4.69, 9.17) is 5.10 Å². The van der Waals surface area contributed by atoms with E-state index in [1.165, 1.54) is 0 Å². The molecule has 0 amide bonds. The summed E-state index contributed by atoms with van der Waals surface area (Å²) in [5, 5.41) is 24.1. The van der Waals surface area contributed by atoms with Gasteiger partial charge in [0.1, 0.15) is 0 Å². The van der Waals surface area contributed by atoms with Gasteiger partial charge >= 0.3 is 5.97 Å². The number of likely N-dealkylation sites (tertiary alicyclic amines) is 1. The molecule has 0 aliphatic carbocycles. The van der Waals surface area contributed by atoms with Crippen molar-refractivity contribution in [3.8, 4) is 16.9 Å². The van der Waals surface area contributed by atoms with Crippen molar-refractivity contribution in [3.05, 3.63) is 66.6 Å². The number of aliphatic carboxylic acids is 1. The molecule has 0 radical (unpaired) electrons. The van der Waals surface area contributed by atoms with E-state index in [1.807, 2.05) is 53.3 Å². The van der Waals surface area contributed by atoms with Crippen LogP contribution in [0, 0.1) is 5.92 Å². The number of carboxylic acids is 1. The molecule has 3 aromatic rings. The summed E-state index contributed by atoms with van der Waals surface area (Å²) in [6.45, 7) is 1.54. The maximum Gasteiger partial charge on any atom is 0.310 e. The van der Waals surface area contributed by atoms with Gasteiger partial charge in [0, 0.05) is 49.4 Å². The normalized spacial score (nSPS) is 20.2. The van der Waals surface area contributed by atoms with Gasteiger partial charge in [0.25, 0.3) is 0 Å². The Labute approximate surface area is 162 Å². The molecule has 2 aromatic heterocycles. The lowest BCUT2D eigenvalue weighted by atomic mass is 9.94. The minimum absolute atomic E-state index is 0.322. The fourth-order valence-electron chi connectivity index (χ4n) is 3.63. The van der Waals surface area contributed by atoms with E-state index < -0.39 is 18.0 Å². The fraction of sp³-hybridized carbons (Fsp3) is 0.286. The third kappa shape index (κ3) is 3.81. The van der Waals surface area contributed by atoms with Crippen molar-refractivity contribution >= 4 is 5.97 Å². The number of benzene rings is 1. The number of rotatable bonds is 5. The molecule has 0 bridgehead atoms. The number of aliphatic hydroxyl groups is 1. The van der Waals surface area contributed by atoms with Crippen molar-refractivity contribution in [2.45, 2.75) is 19.1 Å². The molecular formula is C21H22N4O3. The molecule has 2 N–H and O–H groups in total. The van der Waals surface area contributed by atoms with Crippen molar-refractivity contribution in [2.24, 2.45) is 5.92 Å². The van der Waals surface area contributed by atoms with Crippen LogP contribution in [-0.2, 0) is 11.3 Å². The number of carbonyl (C=O) groups is 1. The van der Waals surface area contributed by atoms with Crippen molar-refractivity contribution in [2.75, 3.05) is 13.1 Å². The second-order valence-electron chi connectivity index (χ2n) is 7.05. The van der Waals surface area contributed by atoms with Crippen molar-refractivity contribution in [1.82, 2.24) is 19.7 Å². The van der Waals surface area contributed by atoms with E-state index in [0.717, 1.165) is 22.5 Å². The number of hydrogen-bond donors (Lipinski definition) is 2. The van der Waals surface area contributed by atoms with Crippen molar-refractivity contribution in [1.29, 1.82) is 0 Å². The summed E-state index contributed by atoms with van der Waals surface area (Å²) in [4.78, 5) is 17.6. The molecule has 3 heterocycles. The number of para-hydroxylation sites is 1. The lowest BCUT2D eigenvalue weighted by Gasteiger charge is -2.33. The van der Waals surface area contributed by atoms with E-state index in [9.17, 15) is 15.0 Å². The highest BCUT2D eigenvalue weighted by atomic mass is 16.4. The third-order valence-corrected chi connectivity index (χ3v) is 5.14. The van der Waals surface area contributed by atoms with E-state index in [2.05, 4.69) is 9.88 Å². The standard InChI is InChI=1S/C21H22N4O3/c26-19-8-11-24(14-18(19)21(27)28)12-16-13-25(17-4-2-1-3-5-17)23-20(16)15-6-9-22-10-7-15/h1-7,9-10,13,18-19,26H,8,11-12,14H2,(H,27,28)/t18-,19+/m1/s1. The van der Waals surface area contributed by atoms with Crippen LogP contribution in [0.3, 0.4) is 0 Å². The fourth-order valence-corrected chi connectivity index (χ4v) is 3.63. The van der Waals surface area contributed by atoms with Gasteiger partial charge in [-0.15, -0.1) is 0 Å². The van der Waals surface area contributed by atoms with E-state index >= 15 is 0 Å². The Kier molecular flexibility index (Phi) is 5.18. The zero-order chi connectivity index (χ0) is 19.5. The first-order chi connectivity index (χ1) is 13.6. The van der Waals surface area contributed by atoms with Gasteiger partial charge in [-0.2, -0.15) is 5.10 Å². The van der Waals surface area contributed by atoms with Crippen LogP contribution in [0.5, 0.6) is 0 Å². The molecule has 0 unspecified atom stereocenters. The Balaban J connectivity index is 1.65. The smallest absolute Gasteiger partial charge is 0.310 e. The highest BCUT2D eigenvalue weighted by molar-refractivity contribution is 5.71. The maximum atomic E-state index is 11.4. The lowest BCUT2D eigenvalue weighted by molar-refractivity contribution is -0.149. The molecule has 28 heavy (non-hydrogen) atoms. The van der Waals surface area contributed by atoms with Gasteiger partial charge in [0.2, 0.25) is 0 Å². The Hall–Kier alpha value is -3.03. The summed E-state index contributed by atoms with van der Waals surface area (Å²) < 4.78 is 1.85. The van der Waals surface area contributed by atoms with Crippen molar-refractivity contribution < 1.29 is 15.0 Å². The van der Waals surface area contributed by atoms with Crippen LogP contribution < -0.4 is 0 Å². The van der Waals surface area contributed by atoms with Gasteiger partial charge in [-0.3, -0.25) is 14.7 Å². The summed E-state index contributed by atoms with van der Waals surface area (Å²) in [5.74, 6) is -1.71. The second-order valence-corrected chi connectivity index (χ2v) is 7.05. The largest absolute Gasteiger partial charge is 0.481 e. The zero-order valence-electron chi connectivity index (χ0n) is 15.3. The zero-order valence-corrected chi connectivity index (χ0v) is 15.3. The molecule has 144 valence electrons. The highest BCUT2D eigenvalue weighted by Crippen LogP contribution is 2.26. The van der Waals surface area contributed by atoms with Gasteiger partial charge in [0.15, 0.2) is 0 Å². The molecular weight excluding hydrogens is 356 g/mol. The third-order valence-electron chi connectivity index (χ3n) is 5.14. The molecule has 1 aliphatic heterocycles. The Morgan fingerprint density at radius 2 is 1.89 bits per heavy atom. The number of pyridine rings is 1. The first kappa shape index (κ1) is 18.3. The summed E-state index contributed by atoms with van der Waals surface area (Å²) in [5.41, 5.74) is 3.79. The van der Waals surface area contributed by atoms with Gasteiger partial charge in [-0.05, 0) is 30.7 Å². The minimum Gasteiger partial charge on any atom is -0.481 e. The first-order valence-corrected chi connectivity index (χ1v) is 9.29. The predicted molar refractivity (Wildman–Crippen MR) is 104 cm³/mol. The van der Waals surface area contributed by atoms with Gasteiger partial charge < -0.3 is 10.2 Å². The highest BCUT2D eigenvalue weighted by Gasteiger charge is 2.33. The monoisotopic (exact) mass is 378 g/mol. The molecule has 7 heteroatoms. The van der Waals surface area contributed by atoms with Crippen LogP contribution >= 0.6 is 0 Å². The quantitative estimate of drug-likeness (QED) is 0.707. The molecule has 2 atom stereocenters. The number of aliphatic hydroxyl groups excluding tert-OH is 1. The molecule has 1 aromatic carbocycles. The summed E-state index contributed by atoms with van der Waals surface area (Å²) in [6.07, 6.45) is 5.12. The van der Waals surface area contributed by atoms with E-state index in [1.54, 1.807) is 12.4 Å². The number of piperidine rings is 1. The average molecular weight is 378 g/mol. The summed E-state index contributed by atoms with van der Waals surface area (Å²) in [7, 11) is 0. The van der Waals surface area contributed by atoms with Crippen LogP contribution in [0.4, 0.5) is 0 Å². The van der Waals surface area contributed by atoms with Gasteiger partial charge in [-0.25, -0.2) is 4.68 Å². The number of carboxylic acid groups (broad SMARTS) is 1. The van der Waals surface area contributed by atoms with Crippen LogP contribution in [0.1, 0.15) is 12.0 Å². The maximum absolute atomic E-state index is 11.4. The Morgan fingerprint density at radius 1 is 1.14 bits per heavy atom. The van der Waals surface area contributed by atoms with E-state index in [0.29, 0.717) is 26.1 Å². The SMILES string of the molecule is O=C(O)[C@@H]1CN(Cc2cn(-c3ccccc3)nc2-c2ccncc2)CC[C@@H]1O. The Bertz CT molecular complexity index is 943. The second kappa shape index (κ2) is 7.92. The lowest BCUT2D eigenvalue weighted by Crippen LogP contribution is -2.46. The molecule has 1 aliphatic rings. The van der Waals surface area contributed by atoms with Crippen LogP contribution in [-0.4, -0.2) is 55.0 Å². The molecule has 4 rings (SSSR count). The predicted octanol–water partition coefficient (Wildman–Crippen LogP) is 2.20.